The zero-order valence-corrected chi connectivity index (χ0v) is 18.8. The number of amidine groups is 1. The first-order valence-electron chi connectivity index (χ1n) is 10.0. The molecular weight excluding hydrogens is 461 g/mol. The number of nitrogens with zero attached hydrogens (tertiary/aromatic N) is 5. The standard InChI is InChI=1S/C20H21F3N6O3S/c1-4-33(30,31)15-7-12(29(32-3)18(24)11-5-6-11)9-26-17(15)19-27-13-8-16(20(21,22)23)25-10-14(13)28(19)2/h7-11,24H,4-6H2,1-3H3. The summed E-state index contributed by atoms with van der Waals surface area (Å²) in [6.45, 7) is 1.47. The van der Waals surface area contributed by atoms with Crippen molar-refractivity contribution in [3.63, 3.8) is 0 Å². The molecule has 1 saturated carbocycles. The van der Waals surface area contributed by atoms with Gasteiger partial charge in [0.15, 0.2) is 15.7 Å². The van der Waals surface area contributed by atoms with Crippen LogP contribution >= 0.6 is 0 Å². The number of aryl methyl sites for hydroxylation is 1. The summed E-state index contributed by atoms with van der Waals surface area (Å²) < 4.78 is 66.5. The van der Waals surface area contributed by atoms with E-state index in [-0.39, 0.29) is 50.6 Å². The van der Waals surface area contributed by atoms with E-state index in [9.17, 15) is 21.6 Å². The number of hydroxylamine groups is 1. The second kappa shape index (κ2) is 8.06. The Morgan fingerprint density at radius 2 is 1.97 bits per heavy atom. The molecule has 1 fully saturated rings. The van der Waals surface area contributed by atoms with Crippen molar-refractivity contribution < 1.29 is 26.4 Å². The molecule has 0 spiro atoms. The number of anilines is 1. The second-order valence-corrected chi connectivity index (χ2v) is 9.88. The molecule has 1 N–H and O–H groups in total. The molecule has 4 rings (SSSR count). The first kappa shape index (κ1) is 23.1. The molecule has 1 aliphatic rings. The molecule has 0 aliphatic heterocycles. The van der Waals surface area contributed by atoms with Crippen LogP contribution in [0.1, 0.15) is 25.5 Å². The number of halogens is 3. The summed E-state index contributed by atoms with van der Waals surface area (Å²) in [5, 5.41) is 9.50. The highest BCUT2D eigenvalue weighted by atomic mass is 32.2. The Kier molecular flexibility index (Phi) is 5.65. The molecule has 0 saturated heterocycles. The zero-order chi connectivity index (χ0) is 24.1. The van der Waals surface area contributed by atoms with Gasteiger partial charge in [0, 0.05) is 13.0 Å². The molecule has 13 heteroatoms. The van der Waals surface area contributed by atoms with Crippen LogP contribution in [0.25, 0.3) is 22.6 Å². The second-order valence-electron chi connectivity index (χ2n) is 7.63. The summed E-state index contributed by atoms with van der Waals surface area (Å²) in [4.78, 5) is 17.1. The van der Waals surface area contributed by atoms with E-state index < -0.39 is 21.7 Å². The van der Waals surface area contributed by atoms with Crippen LogP contribution in [0, 0.1) is 11.3 Å². The van der Waals surface area contributed by atoms with Crippen molar-refractivity contribution in [3.05, 3.63) is 30.2 Å². The van der Waals surface area contributed by atoms with Gasteiger partial charge in [0.1, 0.15) is 17.2 Å². The SMILES string of the molecule is CCS(=O)(=O)c1cc(N(OC)C(=N)C2CC2)cnc1-c1nc2cc(C(F)(F)F)ncc2n1C. The Bertz CT molecular complexity index is 1350. The first-order chi connectivity index (χ1) is 15.5. The van der Waals surface area contributed by atoms with Gasteiger partial charge in [0.05, 0.1) is 46.9 Å². The van der Waals surface area contributed by atoms with Crippen molar-refractivity contribution in [2.24, 2.45) is 13.0 Å². The maximum Gasteiger partial charge on any atom is 0.433 e. The zero-order valence-electron chi connectivity index (χ0n) is 18.0. The van der Waals surface area contributed by atoms with E-state index in [4.69, 9.17) is 10.2 Å². The number of fused-ring (bicyclic) bond motifs is 1. The van der Waals surface area contributed by atoms with Crippen LogP contribution in [0.2, 0.25) is 0 Å². The number of alkyl halides is 3. The Morgan fingerprint density at radius 3 is 2.55 bits per heavy atom. The lowest BCUT2D eigenvalue weighted by Gasteiger charge is -2.23. The van der Waals surface area contributed by atoms with Crippen molar-refractivity contribution >= 4 is 32.4 Å². The molecule has 0 atom stereocenters. The van der Waals surface area contributed by atoms with Crippen molar-refractivity contribution in [1.29, 1.82) is 5.41 Å². The van der Waals surface area contributed by atoms with Gasteiger partial charge in [0.25, 0.3) is 0 Å². The van der Waals surface area contributed by atoms with E-state index in [2.05, 4.69) is 15.0 Å². The van der Waals surface area contributed by atoms with Gasteiger partial charge in [-0.3, -0.25) is 10.2 Å². The molecule has 0 bridgehead atoms. The van der Waals surface area contributed by atoms with E-state index in [0.717, 1.165) is 25.1 Å². The number of nitrogens with one attached hydrogen (secondary N) is 1. The number of sulfone groups is 1. The minimum atomic E-state index is -4.64. The number of pyridine rings is 2. The molecule has 0 aromatic carbocycles. The monoisotopic (exact) mass is 482 g/mol. The van der Waals surface area contributed by atoms with Crippen molar-refractivity contribution in [3.8, 4) is 11.5 Å². The van der Waals surface area contributed by atoms with Gasteiger partial charge in [0.2, 0.25) is 0 Å². The van der Waals surface area contributed by atoms with Crippen LogP contribution in [0.4, 0.5) is 18.9 Å². The molecule has 0 amide bonds. The molecule has 33 heavy (non-hydrogen) atoms. The summed E-state index contributed by atoms with van der Waals surface area (Å²) in [6.07, 6.45) is -0.557. The maximum atomic E-state index is 13.1. The highest BCUT2D eigenvalue weighted by Gasteiger charge is 2.34. The summed E-state index contributed by atoms with van der Waals surface area (Å²) in [7, 11) is -0.907. The highest BCUT2D eigenvalue weighted by Crippen LogP contribution is 2.36. The van der Waals surface area contributed by atoms with Gasteiger partial charge >= 0.3 is 6.18 Å². The topological polar surface area (TPSA) is 114 Å². The molecule has 3 aromatic heterocycles. The number of rotatable bonds is 6. The fourth-order valence-electron chi connectivity index (χ4n) is 3.43. The summed E-state index contributed by atoms with van der Waals surface area (Å²) in [5.41, 5.74) is -0.558. The van der Waals surface area contributed by atoms with E-state index in [0.29, 0.717) is 0 Å². The van der Waals surface area contributed by atoms with E-state index in [1.54, 1.807) is 7.05 Å². The van der Waals surface area contributed by atoms with Gasteiger partial charge < -0.3 is 4.57 Å². The quantitative estimate of drug-likeness (QED) is 0.324. The molecule has 0 radical (unpaired) electrons. The number of imidazole rings is 1. The lowest BCUT2D eigenvalue weighted by atomic mass is 10.3. The van der Waals surface area contributed by atoms with E-state index >= 15 is 0 Å². The predicted octanol–water partition coefficient (Wildman–Crippen LogP) is 3.60. The summed E-state index contributed by atoms with van der Waals surface area (Å²) in [6, 6.07) is 2.16. The van der Waals surface area contributed by atoms with Gasteiger partial charge in [-0.1, -0.05) is 6.92 Å². The van der Waals surface area contributed by atoms with Crippen LogP contribution in [0.3, 0.4) is 0 Å². The number of hydrogen-bond acceptors (Lipinski definition) is 7. The van der Waals surface area contributed by atoms with Crippen molar-refractivity contribution in [2.75, 3.05) is 17.9 Å². The first-order valence-corrected chi connectivity index (χ1v) is 11.7. The van der Waals surface area contributed by atoms with Crippen molar-refractivity contribution in [1.82, 2.24) is 19.5 Å². The molecule has 1 aliphatic carbocycles. The fourth-order valence-corrected chi connectivity index (χ4v) is 4.48. The van der Waals surface area contributed by atoms with Crippen LogP contribution in [0.5, 0.6) is 0 Å². The number of hydrogen-bond donors (Lipinski definition) is 1. The lowest BCUT2D eigenvalue weighted by Crippen LogP contribution is -2.30. The minimum absolute atomic E-state index is 0.00887. The molecule has 176 valence electrons. The van der Waals surface area contributed by atoms with Crippen LogP contribution in [-0.4, -0.2) is 46.6 Å². The highest BCUT2D eigenvalue weighted by molar-refractivity contribution is 7.91. The third-order valence-electron chi connectivity index (χ3n) is 5.42. The van der Waals surface area contributed by atoms with E-state index in [1.165, 1.54) is 35.9 Å². The van der Waals surface area contributed by atoms with Crippen molar-refractivity contribution in [2.45, 2.75) is 30.8 Å². The predicted molar refractivity (Wildman–Crippen MR) is 114 cm³/mol. The maximum absolute atomic E-state index is 13.1. The van der Waals surface area contributed by atoms with Gasteiger partial charge in [-0.05, 0) is 25.0 Å². The summed E-state index contributed by atoms with van der Waals surface area (Å²) >= 11 is 0. The third kappa shape index (κ3) is 4.17. The molecule has 0 unspecified atom stereocenters. The lowest BCUT2D eigenvalue weighted by molar-refractivity contribution is -0.141. The Labute approximate surface area is 187 Å². The number of aromatic nitrogens is 4. The van der Waals surface area contributed by atoms with Gasteiger partial charge in [-0.25, -0.2) is 28.4 Å². The minimum Gasteiger partial charge on any atom is -0.324 e. The van der Waals surface area contributed by atoms with Gasteiger partial charge in [-0.2, -0.15) is 13.2 Å². The molecule has 3 aromatic rings. The Balaban J connectivity index is 1.89. The summed E-state index contributed by atoms with van der Waals surface area (Å²) in [5.74, 6) is 0.0689. The van der Waals surface area contributed by atoms with Crippen LogP contribution < -0.4 is 5.06 Å². The molecule has 9 nitrogen and oxygen atoms in total. The average molecular weight is 482 g/mol. The Hall–Kier alpha value is -3.06. The van der Waals surface area contributed by atoms with Crippen LogP contribution in [0.15, 0.2) is 29.4 Å². The fraction of sp³-hybridized carbons (Fsp3) is 0.400. The van der Waals surface area contributed by atoms with Gasteiger partial charge in [-0.15, -0.1) is 0 Å². The molecule has 3 heterocycles. The largest absolute Gasteiger partial charge is 0.433 e. The third-order valence-corrected chi connectivity index (χ3v) is 7.16. The average Bonchev–Trinajstić information content (AvgIpc) is 3.57. The molecular formula is C20H21F3N6O3S. The van der Waals surface area contributed by atoms with Crippen LogP contribution in [-0.2, 0) is 27.9 Å². The smallest absolute Gasteiger partial charge is 0.324 e. The Morgan fingerprint density at radius 1 is 1.27 bits per heavy atom. The normalized spacial score (nSPS) is 14.6. The van der Waals surface area contributed by atoms with E-state index in [1.807, 2.05) is 0 Å².